The molecule has 1 aromatic rings. The fraction of sp³-hybridized carbons (Fsp3) is 0.462. The maximum Gasteiger partial charge on any atom is 0.231 e. The van der Waals surface area contributed by atoms with Crippen molar-refractivity contribution in [2.75, 3.05) is 13.3 Å². The first-order valence-electron chi connectivity index (χ1n) is 6.20. The molecule has 0 unspecified atom stereocenters. The van der Waals surface area contributed by atoms with E-state index in [2.05, 4.69) is 17.6 Å². The monoisotopic (exact) mass is 266 g/mol. The molecule has 0 bridgehead atoms. The maximum absolute atomic E-state index is 5.33. The zero-order chi connectivity index (χ0) is 12.8. The minimum Gasteiger partial charge on any atom is -0.454 e. The van der Waals surface area contributed by atoms with Gasteiger partial charge in [0.1, 0.15) is 0 Å². The number of hydrogen-bond acceptors (Lipinski definition) is 3. The van der Waals surface area contributed by atoms with Gasteiger partial charge in [0.2, 0.25) is 6.79 Å². The molecule has 0 amide bonds. The van der Waals surface area contributed by atoms with Gasteiger partial charge in [-0.05, 0) is 36.3 Å². The van der Waals surface area contributed by atoms with Crippen molar-refractivity contribution in [1.29, 1.82) is 0 Å². The number of fused-ring (bicyclic) bond motifs is 1. The highest BCUT2D eigenvalue weighted by Crippen LogP contribution is 2.32. The normalized spacial score (nSPS) is 12.3. The van der Waals surface area contributed by atoms with Gasteiger partial charge in [-0.1, -0.05) is 19.4 Å². The van der Waals surface area contributed by atoms with Gasteiger partial charge in [0, 0.05) is 13.1 Å². The number of hydrogen-bond donors (Lipinski definition) is 2. The van der Waals surface area contributed by atoms with Gasteiger partial charge in [-0.2, -0.15) is 0 Å². The van der Waals surface area contributed by atoms with Gasteiger partial charge in [0.25, 0.3) is 0 Å². The molecule has 2 rings (SSSR count). The summed E-state index contributed by atoms with van der Waals surface area (Å²) in [5, 5.41) is 7.04. The first-order chi connectivity index (χ1) is 8.79. The fourth-order valence-electron chi connectivity index (χ4n) is 1.67. The lowest BCUT2D eigenvalue weighted by atomic mass is 10.2. The average Bonchev–Trinajstić information content (AvgIpc) is 2.84. The van der Waals surface area contributed by atoms with Gasteiger partial charge in [0.05, 0.1) is 0 Å². The van der Waals surface area contributed by atoms with Crippen molar-refractivity contribution in [3.63, 3.8) is 0 Å². The van der Waals surface area contributed by atoms with Gasteiger partial charge < -0.3 is 20.1 Å². The molecule has 0 fully saturated rings. The van der Waals surface area contributed by atoms with Crippen molar-refractivity contribution in [3.8, 4) is 11.5 Å². The summed E-state index contributed by atoms with van der Waals surface area (Å²) in [6.07, 6.45) is 2.30. The van der Waals surface area contributed by atoms with E-state index in [0.29, 0.717) is 18.5 Å². The van der Waals surface area contributed by atoms with E-state index in [1.807, 2.05) is 18.2 Å². The van der Waals surface area contributed by atoms with Crippen LogP contribution in [0.4, 0.5) is 0 Å². The minimum atomic E-state index is 0.309. The van der Waals surface area contributed by atoms with Crippen LogP contribution in [0.1, 0.15) is 25.3 Å². The van der Waals surface area contributed by atoms with Crippen LogP contribution in [-0.4, -0.2) is 18.5 Å². The molecule has 5 heteroatoms. The molecule has 0 atom stereocenters. The number of rotatable bonds is 5. The second-order valence-electron chi connectivity index (χ2n) is 4.15. The molecule has 98 valence electrons. The highest BCUT2D eigenvalue weighted by molar-refractivity contribution is 7.80. The topological polar surface area (TPSA) is 42.5 Å². The largest absolute Gasteiger partial charge is 0.454 e. The summed E-state index contributed by atoms with van der Waals surface area (Å²) in [6, 6.07) is 5.91. The summed E-state index contributed by atoms with van der Waals surface area (Å²) < 4.78 is 10.6. The molecule has 18 heavy (non-hydrogen) atoms. The Bertz CT molecular complexity index is 423. The Hall–Kier alpha value is -1.49. The van der Waals surface area contributed by atoms with Crippen LogP contribution < -0.4 is 20.1 Å². The molecular weight excluding hydrogens is 248 g/mol. The first-order valence-corrected chi connectivity index (χ1v) is 6.60. The summed E-state index contributed by atoms with van der Waals surface area (Å²) in [6.45, 7) is 4.08. The Kier molecular flexibility index (Phi) is 4.64. The number of thiocarbonyl (C=S) groups is 1. The minimum absolute atomic E-state index is 0.309. The molecule has 1 aromatic carbocycles. The van der Waals surface area contributed by atoms with E-state index < -0.39 is 0 Å². The summed E-state index contributed by atoms with van der Waals surface area (Å²) in [7, 11) is 0. The summed E-state index contributed by atoms with van der Waals surface area (Å²) in [5.41, 5.74) is 1.12. The van der Waals surface area contributed by atoms with Crippen molar-refractivity contribution in [2.24, 2.45) is 0 Å². The molecule has 0 saturated carbocycles. The molecule has 2 N–H and O–H groups in total. The second-order valence-corrected chi connectivity index (χ2v) is 4.56. The Morgan fingerprint density at radius 1 is 1.28 bits per heavy atom. The summed E-state index contributed by atoms with van der Waals surface area (Å²) >= 11 is 5.19. The Labute approximate surface area is 113 Å². The fourth-order valence-corrected chi connectivity index (χ4v) is 1.85. The van der Waals surface area contributed by atoms with Gasteiger partial charge in [-0.3, -0.25) is 0 Å². The number of nitrogens with one attached hydrogen (secondary N) is 2. The Balaban J connectivity index is 1.78. The SMILES string of the molecule is CCCCNC(=S)NCc1ccc2c(c1)OCO2. The van der Waals surface area contributed by atoms with Crippen LogP contribution in [0.15, 0.2) is 18.2 Å². The third kappa shape index (κ3) is 3.50. The molecular formula is C13H18N2O2S. The highest BCUT2D eigenvalue weighted by Gasteiger charge is 2.12. The molecule has 1 aliphatic rings. The van der Waals surface area contributed by atoms with Crippen molar-refractivity contribution >= 4 is 17.3 Å². The van der Waals surface area contributed by atoms with Crippen molar-refractivity contribution in [2.45, 2.75) is 26.3 Å². The second kappa shape index (κ2) is 6.44. The molecule has 0 radical (unpaired) electrons. The van der Waals surface area contributed by atoms with Gasteiger partial charge in [-0.25, -0.2) is 0 Å². The van der Waals surface area contributed by atoms with E-state index in [9.17, 15) is 0 Å². The Morgan fingerprint density at radius 3 is 2.94 bits per heavy atom. The third-order valence-corrected chi connectivity index (χ3v) is 2.99. The summed E-state index contributed by atoms with van der Waals surface area (Å²) in [5.74, 6) is 1.61. The van der Waals surface area contributed by atoms with Crippen LogP contribution in [0.3, 0.4) is 0 Å². The van der Waals surface area contributed by atoms with E-state index in [1.54, 1.807) is 0 Å². The average molecular weight is 266 g/mol. The predicted molar refractivity (Wildman–Crippen MR) is 74.9 cm³/mol. The zero-order valence-corrected chi connectivity index (χ0v) is 11.3. The number of unbranched alkanes of at least 4 members (excludes halogenated alkanes) is 1. The summed E-state index contributed by atoms with van der Waals surface area (Å²) in [4.78, 5) is 0. The van der Waals surface area contributed by atoms with E-state index in [4.69, 9.17) is 21.7 Å². The van der Waals surface area contributed by atoms with Crippen LogP contribution >= 0.6 is 12.2 Å². The van der Waals surface area contributed by atoms with Crippen LogP contribution in [0.25, 0.3) is 0 Å². The van der Waals surface area contributed by atoms with E-state index in [0.717, 1.165) is 36.4 Å². The van der Waals surface area contributed by atoms with Gasteiger partial charge in [0.15, 0.2) is 16.6 Å². The number of benzene rings is 1. The quantitative estimate of drug-likeness (QED) is 0.631. The predicted octanol–water partition coefficient (Wildman–Crippen LogP) is 2.18. The molecule has 0 aliphatic carbocycles. The van der Waals surface area contributed by atoms with Gasteiger partial charge >= 0.3 is 0 Å². The Morgan fingerprint density at radius 2 is 2.11 bits per heavy atom. The molecule has 0 saturated heterocycles. The first kappa shape index (κ1) is 13.0. The zero-order valence-electron chi connectivity index (χ0n) is 10.5. The molecule has 4 nitrogen and oxygen atoms in total. The molecule has 0 aromatic heterocycles. The lowest BCUT2D eigenvalue weighted by Crippen LogP contribution is -2.35. The van der Waals surface area contributed by atoms with Crippen molar-refractivity contribution < 1.29 is 9.47 Å². The van der Waals surface area contributed by atoms with Crippen LogP contribution in [-0.2, 0) is 6.54 Å². The third-order valence-electron chi connectivity index (χ3n) is 2.71. The smallest absolute Gasteiger partial charge is 0.231 e. The van der Waals surface area contributed by atoms with Crippen molar-refractivity contribution in [3.05, 3.63) is 23.8 Å². The van der Waals surface area contributed by atoms with Gasteiger partial charge in [-0.15, -0.1) is 0 Å². The standard InChI is InChI=1S/C13H18N2O2S/c1-2-3-6-14-13(18)15-8-10-4-5-11-12(7-10)17-9-16-11/h4-5,7H,2-3,6,8-9H2,1H3,(H2,14,15,18). The van der Waals surface area contributed by atoms with Crippen LogP contribution in [0.2, 0.25) is 0 Å². The lowest BCUT2D eigenvalue weighted by Gasteiger charge is -2.10. The van der Waals surface area contributed by atoms with E-state index in [-0.39, 0.29) is 0 Å². The van der Waals surface area contributed by atoms with Crippen LogP contribution in [0, 0.1) is 0 Å². The highest BCUT2D eigenvalue weighted by atomic mass is 32.1. The molecule has 0 spiro atoms. The molecule has 1 aliphatic heterocycles. The lowest BCUT2D eigenvalue weighted by molar-refractivity contribution is 0.174. The van der Waals surface area contributed by atoms with E-state index in [1.165, 1.54) is 0 Å². The van der Waals surface area contributed by atoms with Crippen molar-refractivity contribution in [1.82, 2.24) is 10.6 Å². The van der Waals surface area contributed by atoms with Crippen LogP contribution in [0.5, 0.6) is 11.5 Å². The van der Waals surface area contributed by atoms with E-state index >= 15 is 0 Å². The maximum atomic E-state index is 5.33. The molecule has 1 heterocycles. The number of ether oxygens (including phenoxy) is 2.